The highest BCUT2D eigenvalue weighted by Crippen LogP contribution is 2.08. The number of nitrogens with two attached hydrogens (primary N) is 1. The molecule has 0 aromatic heterocycles. The van der Waals surface area contributed by atoms with Gasteiger partial charge >= 0.3 is 0 Å². The number of benzene rings is 1. The van der Waals surface area contributed by atoms with Gasteiger partial charge in [-0.05, 0) is 24.6 Å². The fourth-order valence-corrected chi connectivity index (χ4v) is 1.21. The predicted molar refractivity (Wildman–Crippen MR) is 60.8 cm³/mol. The van der Waals surface area contributed by atoms with E-state index in [1.165, 1.54) is 13.0 Å². The third kappa shape index (κ3) is 3.41. The standard InChI is InChI=1S/C11H13F2N3O2/c1-6(10(14)16-18)11(17)15-5-7-2-3-8(12)9(13)4-7/h2-4,6,18H,5H2,1H3,(H2,14,16)(H,15,17). The maximum atomic E-state index is 12.9. The fourth-order valence-electron chi connectivity index (χ4n) is 1.21. The Morgan fingerprint density at radius 2 is 2.17 bits per heavy atom. The van der Waals surface area contributed by atoms with E-state index in [4.69, 9.17) is 10.9 Å². The molecule has 1 unspecified atom stereocenters. The van der Waals surface area contributed by atoms with Crippen molar-refractivity contribution in [2.45, 2.75) is 13.5 Å². The summed E-state index contributed by atoms with van der Waals surface area (Å²) in [5, 5.41) is 13.6. The molecule has 0 bridgehead atoms. The van der Waals surface area contributed by atoms with Crippen LogP contribution < -0.4 is 11.1 Å². The molecule has 4 N–H and O–H groups in total. The molecule has 0 aliphatic carbocycles. The second-order valence-corrected chi connectivity index (χ2v) is 3.71. The molecule has 18 heavy (non-hydrogen) atoms. The van der Waals surface area contributed by atoms with Crippen molar-refractivity contribution in [1.29, 1.82) is 0 Å². The number of carbonyl (C=O) groups is 1. The van der Waals surface area contributed by atoms with Crippen LogP contribution in [0.5, 0.6) is 0 Å². The lowest BCUT2D eigenvalue weighted by Gasteiger charge is -2.10. The summed E-state index contributed by atoms with van der Waals surface area (Å²) < 4.78 is 25.5. The van der Waals surface area contributed by atoms with Crippen LogP contribution in [0.1, 0.15) is 12.5 Å². The van der Waals surface area contributed by atoms with Gasteiger partial charge in [-0.25, -0.2) is 8.78 Å². The minimum absolute atomic E-state index is 0.0269. The Morgan fingerprint density at radius 1 is 1.50 bits per heavy atom. The molecule has 0 radical (unpaired) electrons. The molecular formula is C11H13F2N3O2. The first-order valence-electron chi connectivity index (χ1n) is 5.14. The summed E-state index contributed by atoms with van der Waals surface area (Å²) in [6.45, 7) is 1.48. The van der Waals surface area contributed by atoms with Gasteiger partial charge in [-0.15, -0.1) is 0 Å². The van der Waals surface area contributed by atoms with E-state index in [0.29, 0.717) is 5.56 Å². The van der Waals surface area contributed by atoms with Crippen LogP contribution in [0.15, 0.2) is 23.4 Å². The Morgan fingerprint density at radius 3 is 2.72 bits per heavy atom. The summed E-state index contributed by atoms with van der Waals surface area (Å²) in [5.41, 5.74) is 5.67. The van der Waals surface area contributed by atoms with E-state index in [2.05, 4.69) is 10.5 Å². The molecule has 0 fully saturated rings. The van der Waals surface area contributed by atoms with E-state index >= 15 is 0 Å². The molecule has 7 heteroatoms. The Kier molecular flexibility index (Phi) is 4.59. The summed E-state index contributed by atoms with van der Waals surface area (Å²) in [6.07, 6.45) is 0. The minimum atomic E-state index is -0.980. The first-order chi connectivity index (χ1) is 8.45. The number of hydrogen-bond donors (Lipinski definition) is 3. The molecule has 1 aromatic carbocycles. The average Bonchev–Trinajstić information content (AvgIpc) is 2.37. The van der Waals surface area contributed by atoms with E-state index < -0.39 is 23.5 Å². The third-order valence-electron chi connectivity index (χ3n) is 2.40. The molecule has 5 nitrogen and oxygen atoms in total. The van der Waals surface area contributed by atoms with Crippen molar-refractivity contribution >= 4 is 11.7 Å². The van der Waals surface area contributed by atoms with Crippen molar-refractivity contribution in [3.63, 3.8) is 0 Å². The molecule has 0 spiro atoms. The highest BCUT2D eigenvalue weighted by molar-refractivity contribution is 6.01. The lowest BCUT2D eigenvalue weighted by Crippen LogP contribution is -2.36. The zero-order valence-electron chi connectivity index (χ0n) is 9.65. The van der Waals surface area contributed by atoms with Crippen molar-refractivity contribution in [2.24, 2.45) is 16.8 Å². The zero-order chi connectivity index (χ0) is 13.7. The maximum Gasteiger partial charge on any atom is 0.230 e. The molecule has 0 heterocycles. The van der Waals surface area contributed by atoms with Crippen LogP contribution in [-0.4, -0.2) is 17.0 Å². The van der Waals surface area contributed by atoms with Crippen LogP contribution in [0.25, 0.3) is 0 Å². The number of halogens is 2. The molecule has 0 saturated heterocycles. The molecule has 0 aliphatic heterocycles. The van der Waals surface area contributed by atoms with Crippen LogP contribution >= 0.6 is 0 Å². The second kappa shape index (κ2) is 5.95. The molecule has 1 aromatic rings. The van der Waals surface area contributed by atoms with Gasteiger partial charge in [-0.2, -0.15) is 0 Å². The summed E-state index contributed by atoms with van der Waals surface area (Å²) >= 11 is 0. The number of carbonyl (C=O) groups excluding carboxylic acids is 1. The molecule has 1 amide bonds. The van der Waals surface area contributed by atoms with Gasteiger partial charge in [-0.1, -0.05) is 11.2 Å². The molecular weight excluding hydrogens is 244 g/mol. The number of oxime groups is 1. The third-order valence-corrected chi connectivity index (χ3v) is 2.40. The fraction of sp³-hybridized carbons (Fsp3) is 0.273. The van der Waals surface area contributed by atoms with Crippen molar-refractivity contribution in [1.82, 2.24) is 5.32 Å². The van der Waals surface area contributed by atoms with Gasteiger partial charge < -0.3 is 16.3 Å². The second-order valence-electron chi connectivity index (χ2n) is 3.71. The van der Waals surface area contributed by atoms with Gasteiger partial charge in [-0.3, -0.25) is 4.79 Å². The number of amides is 1. The Balaban J connectivity index is 2.60. The van der Waals surface area contributed by atoms with E-state index in [1.807, 2.05) is 0 Å². The Labute approximate surface area is 102 Å². The van der Waals surface area contributed by atoms with Gasteiger partial charge in [0.05, 0.1) is 5.92 Å². The average molecular weight is 257 g/mol. The topological polar surface area (TPSA) is 87.7 Å². The highest BCUT2D eigenvalue weighted by Gasteiger charge is 2.17. The van der Waals surface area contributed by atoms with E-state index in [0.717, 1.165) is 12.1 Å². The van der Waals surface area contributed by atoms with Gasteiger partial charge in [0, 0.05) is 6.54 Å². The largest absolute Gasteiger partial charge is 0.409 e. The van der Waals surface area contributed by atoms with Gasteiger partial charge in [0.2, 0.25) is 5.91 Å². The first-order valence-corrected chi connectivity index (χ1v) is 5.14. The van der Waals surface area contributed by atoms with Crippen LogP contribution in [0.4, 0.5) is 8.78 Å². The monoisotopic (exact) mass is 257 g/mol. The minimum Gasteiger partial charge on any atom is -0.409 e. The number of nitrogens with zero attached hydrogens (tertiary/aromatic N) is 1. The van der Waals surface area contributed by atoms with Crippen LogP contribution in [0, 0.1) is 17.6 Å². The molecule has 98 valence electrons. The number of nitrogens with one attached hydrogen (secondary N) is 1. The quantitative estimate of drug-likeness (QED) is 0.325. The summed E-state index contributed by atoms with van der Waals surface area (Å²) in [6, 6.07) is 3.32. The summed E-state index contributed by atoms with van der Waals surface area (Å²) in [4.78, 5) is 11.5. The number of amidine groups is 1. The maximum absolute atomic E-state index is 12.9. The van der Waals surface area contributed by atoms with Crippen LogP contribution in [-0.2, 0) is 11.3 Å². The lowest BCUT2D eigenvalue weighted by molar-refractivity contribution is -0.122. The smallest absolute Gasteiger partial charge is 0.230 e. The van der Waals surface area contributed by atoms with Crippen molar-refractivity contribution in [2.75, 3.05) is 0 Å². The van der Waals surface area contributed by atoms with E-state index in [1.54, 1.807) is 0 Å². The number of hydrogen-bond acceptors (Lipinski definition) is 3. The van der Waals surface area contributed by atoms with Crippen LogP contribution in [0.3, 0.4) is 0 Å². The van der Waals surface area contributed by atoms with Crippen molar-refractivity contribution in [3.05, 3.63) is 35.4 Å². The number of rotatable bonds is 4. The molecule has 1 rings (SSSR count). The first kappa shape index (κ1) is 13.9. The lowest BCUT2D eigenvalue weighted by atomic mass is 10.1. The van der Waals surface area contributed by atoms with Crippen molar-refractivity contribution < 1.29 is 18.8 Å². The van der Waals surface area contributed by atoms with Gasteiger partial charge in [0.1, 0.15) is 0 Å². The van der Waals surface area contributed by atoms with Crippen LogP contribution in [0.2, 0.25) is 0 Å². The highest BCUT2D eigenvalue weighted by atomic mass is 19.2. The predicted octanol–water partition coefficient (Wildman–Crippen LogP) is 0.964. The van der Waals surface area contributed by atoms with Gasteiger partial charge in [0.15, 0.2) is 17.5 Å². The van der Waals surface area contributed by atoms with E-state index in [-0.39, 0.29) is 12.4 Å². The Hall–Kier alpha value is -2.18. The van der Waals surface area contributed by atoms with E-state index in [9.17, 15) is 13.6 Å². The SMILES string of the molecule is CC(C(=O)NCc1ccc(F)c(F)c1)C(N)=NO. The summed E-state index contributed by atoms with van der Waals surface area (Å²) in [7, 11) is 0. The van der Waals surface area contributed by atoms with Gasteiger partial charge in [0.25, 0.3) is 0 Å². The zero-order valence-corrected chi connectivity index (χ0v) is 9.65. The molecule has 0 saturated carbocycles. The molecule has 0 aliphatic rings. The Bertz CT molecular complexity index is 477. The van der Waals surface area contributed by atoms with Crippen molar-refractivity contribution in [3.8, 4) is 0 Å². The normalized spacial score (nSPS) is 13.2. The molecule has 1 atom stereocenters. The summed E-state index contributed by atoms with van der Waals surface area (Å²) in [5.74, 6) is -3.44.